The Morgan fingerprint density at radius 3 is 2.77 bits per heavy atom. The Balaban J connectivity index is 1.46. The van der Waals surface area contributed by atoms with Gasteiger partial charge in [0.2, 0.25) is 0 Å². The van der Waals surface area contributed by atoms with E-state index in [1.165, 1.54) is 24.5 Å². The average molecular weight is 408 g/mol. The van der Waals surface area contributed by atoms with Gasteiger partial charge in [-0.2, -0.15) is 0 Å². The van der Waals surface area contributed by atoms with Crippen LogP contribution in [0.5, 0.6) is 0 Å². The summed E-state index contributed by atoms with van der Waals surface area (Å²) in [4.78, 5) is 42.4. The van der Waals surface area contributed by atoms with Crippen molar-refractivity contribution in [3.63, 3.8) is 0 Å². The molecule has 0 saturated carbocycles. The van der Waals surface area contributed by atoms with Crippen LogP contribution in [0, 0.1) is 5.92 Å². The van der Waals surface area contributed by atoms with Crippen LogP contribution in [0.25, 0.3) is 0 Å². The number of carbonyl (C=O) groups is 2. The third-order valence-electron chi connectivity index (χ3n) is 6.19. The highest BCUT2D eigenvalue weighted by Gasteiger charge is 2.22. The molecule has 1 aromatic heterocycles. The second-order valence-electron chi connectivity index (χ2n) is 8.61. The Morgan fingerprint density at radius 1 is 1.17 bits per heavy atom. The van der Waals surface area contributed by atoms with Crippen molar-refractivity contribution in [2.24, 2.45) is 5.92 Å². The van der Waals surface area contributed by atoms with Gasteiger partial charge in [0.15, 0.2) is 5.78 Å². The zero-order valence-electron chi connectivity index (χ0n) is 17.5. The molecule has 0 radical (unpaired) electrons. The maximum absolute atomic E-state index is 12.7. The van der Waals surface area contributed by atoms with Gasteiger partial charge < -0.3 is 10.3 Å². The van der Waals surface area contributed by atoms with E-state index in [1.807, 2.05) is 18.2 Å². The maximum Gasteiger partial charge on any atom is 0.261 e. The number of benzene rings is 1. The van der Waals surface area contributed by atoms with Gasteiger partial charge in [0.1, 0.15) is 5.56 Å². The van der Waals surface area contributed by atoms with Gasteiger partial charge in [0.05, 0.1) is 0 Å². The Labute approximate surface area is 176 Å². The van der Waals surface area contributed by atoms with Crippen molar-refractivity contribution >= 4 is 11.7 Å². The third-order valence-corrected chi connectivity index (χ3v) is 6.19. The van der Waals surface area contributed by atoms with Crippen LogP contribution in [0.3, 0.4) is 0 Å². The molecule has 0 bridgehead atoms. The van der Waals surface area contributed by atoms with Crippen molar-refractivity contribution in [3.8, 4) is 0 Å². The number of nitrogens with zero attached hydrogens (tertiary/aromatic N) is 1. The van der Waals surface area contributed by atoms with Crippen molar-refractivity contribution in [3.05, 3.63) is 68.6 Å². The molecule has 1 aromatic carbocycles. The number of aromatic nitrogens is 1. The molecule has 6 nitrogen and oxygen atoms in total. The van der Waals surface area contributed by atoms with E-state index in [0.717, 1.165) is 31.6 Å². The average Bonchev–Trinajstić information content (AvgIpc) is 2.73. The van der Waals surface area contributed by atoms with Crippen LogP contribution in [-0.2, 0) is 19.5 Å². The van der Waals surface area contributed by atoms with E-state index >= 15 is 0 Å². The van der Waals surface area contributed by atoms with E-state index in [4.69, 9.17) is 0 Å². The van der Waals surface area contributed by atoms with E-state index in [-0.39, 0.29) is 11.3 Å². The predicted molar refractivity (Wildman–Crippen MR) is 116 cm³/mol. The van der Waals surface area contributed by atoms with Gasteiger partial charge in [0, 0.05) is 37.3 Å². The molecular weight excluding hydrogens is 378 g/mol. The molecular formula is C24H29N3O3. The molecule has 2 heterocycles. The number of hydrogen-bond acceptors (Lipinski definition) is 4. The number of aryl methyl sites for hydroxylation is 1. The zero-order chi connectivity index (χ0) is 21.1. The van der Waals surface area contributed by atoms with Gasteiger partial charge in [-0.3, -0.25) is 19.3 Å². The molecule has 158 valence electrons. The lowest BCUT2D eigenvalue weighted by atomic mass is 9.93. The van der Waals surface area contributed by atoms with Gasteiger partial charge in [0.25, 0.3) is 11.5 Å². The summed E-state index contributed by atoms with van der Waals surface area (Å²) in [5.41, 5.74) is 2.94. The minimum absolute atomic E-state index is 0.00587. The van der Waals surface area contributed by atoms with Crippen LogP contribution in [0.2, 0.25) is 0 Å². The molecule has 1 aliphatic heterocycles. The van der Waals surface area contributed by atoms with Crippen molar-refractivity contribution < 1.29 is 9.59 Å². The number of amides is 1. The first kappa shape index (κ1) is 20.5. The molecule has 1 unspecified atom stereocenters. The van der Waals surface area contributed by atoms with Crippen LogP contribution in [0.15, 0.2) is 35.1 Å². The van der Waals surface area contributed by atoms with Gasteiger partial charge >= 0.3 is 0 Å². The number of rotatable bonds is 5. The SMILES string of the molecule is CC1CCCN(Cc2ccccc2CNC(=O)c2cc3c([nH]c2=O)CCCC3=O)C1. The van der Waals surface area contributed by atoms with E-state index in [1.54, 1.807) is 0 Å². The lowest BCUT2D eigenvalue weighted by molar-refractivity contribution is 0.0949. The quantitative estimate of drug-likeness (QED) is 0.798. The number of hydrogen-bond donors (Lipinski definition) is 2. The molecule has 1 saturated heterocycles. The van der Waals surface area contributed by atoms with E-state index in [0.29, 0.717) is 36.6 Å². The zero-order valence-corrected chi connectivity index (χ0v) is 17.5. The third kappa shape index (κ3) is 4.54. The summed E-state index contributed by atoms with van der Waals surface area (Å²) in [5, 5.41) is 2.88. The molecule has 30 heavy (non-hydrogen) atoms. The van der Waals surface area contributed by atoms with Crippen LogP contribution >= 0.6 is 0 Å². The standard InChI is InChI=1S/C24H29N3O3/c1-16-6-5-11-27(14-16)15-18-8-3-2-7-17(18)13-25-23(29)20-12-19-21(26-24(20)30)9-4-10-22(19)28/h2-3,7-8,12,16H,4-6,9-11,13-15H2,1H3,(H,25,29)(H,26,30). The molecule has 1 aliphatic carbocycles. The fourth-order valence-electron chi connectivity index (χ4n) is 4.57. The van der Waals surface area contributed by atoms with Crippen LogP contribution in [0.4, 0.5) is 0 Å². The summed E-state index contributed by atoms with van der Waals surface area (Å²) >= 11 is 0. The topological polar surface area (TPSA) is 82.3 Å². The lowest BCUT2D eigenvalue weighted by Crippen LogP contribution is -2.34. The number of Topliss-reactive ketones (excluding diaryl/α,β-unsaturated/α-hetero) is 1. The van der Waals surface area contributed by atoms with Crippen molar-refractivity contribution in [2.75, 3.05) is 13.1 Å². The number of ketones is 1. The minimum Gasteiger partial charge on any atom is -0.348 e. The van der Waals surface area contributed by atoms with Gasteiger partial charge in [-0.1, -0.05) is 31.2 Å². The first-order chi connectivity index (χ1) is 14.5. The highest BCUT2D eigenvalue weighted by Crippen LogP contribution is 2.20. The number of aromatic amines is 1. The molecule has 2 aliphatic rings. The number of pyridine rings is 1. The highest BCUT2D eigenvalue weighted by atomic mass is 16.2. The fraction of sp³-hybridized carbons (Fsp3) is 0.458. The number of carbonyl (C=O) groups excluding carboxylic acids is 2. The monoisotopic (exact) mass is 407 g/mol. The van der Waals surface area contributed by atoms with Gasteiger partial charge in [-0.15, -0.1) is 0 Å². The van der Waals surface area contributed by atoms with Crippen LogP contribution in [0.1, 0.15) is 70.1 Å². The smallest absolute Gasteiger partial charge is 0.261 e. The summed E-state index contributed by atoms with van der Waals surface area (Å²) in [6, 6.07) is 9.57. The first-order valence-corrected chi connectivity index (χ1v) is 10.9. The summed E-state index contributed by atoms with van der Waals surface area (Å²) in [7, 11) is 0. The van der Waals surface area contributed by atoms with Gasteiger partial charge in [-0.25, -0.2) is 0 Å². The fourth-order valence-corrected chi connectivity index (χ4v) is 4.57. The number of H-pyrrole nitrogens is 1. The Hall–Kier alpha value is -2.73. The van der Waals surface area contributed by atoms with Crippen LogP contribution in [-0.4, -0.2) is 34.7 Å². The normalized spacial score (nSPS) is 19.4. The highest BCUT2D eigenvalue weighted by molar-refractivity contribution is 6.01. The summed E-state index contributed by atoms with van der Waals surface area (Å²) in [6.45, 7) is 5.70. The van der Waals surface area contributed by atoms with Crippen LogP contribution < -0.4 is 10.9 Å². The predicted octanol–water partition coefficient (Wildman–Crippen LogP) is 3.06. The molecule has 2 N–H and O–H groups in total. The van der Waals surface area contributed by atoms with Crippen molar-refractivity contribution in [1.82, 2.24) is 15.2 Å². The number of fused-ring (bicyclic) bond motifs is 1. The summed E-state index contributed by atoms with van der Waals surface area (Å²) in [6.07, 6.45) is 4.37. The molecule has 2 aromatic rings. The number of likely N-dealkylation sites (tertiary alicyclic amines) is 1. The molecule has 6 heteroatoms. The minimum atomic E-state index is -0.446. The second kappa shape index (κ2) is 8.96. The Bertz CT molecular complexity index is 1010. The molecule has 0 spiro atoms. The summed E-state index contributed by atoms with van der Waals surface area (Å²) < 4.78 is 0. The number of piperidine rings is 1. The molecule has 1 amide bonds. The van der Waals surface area contributed by atoms with E-state index in [2.05, 4.69) is 28.2 Å². The molecule has 1 atom stereocenters. The van der Waals surface area contributed by atoms with E-state index in [9.17, 15) is 14.4 Å². The molecule has 1 fully saturated rings. The van der Waals surface area contributed by atoms with Crippen molar-refractivity contribution in [2.45, 2.75) is 52.1 Å². The summed E-state index contributed by atoms with van der Waals surface area (Å²) in [5.74, 6) is 0.255. The van der Waals surface area contributed by atoms with Gasteiger partial charge in [-0.05, 0) is 55.3 Å². The Morgan fingerprint density at radius 2 is 1.97 bits per heavy atom. The van der Waals surface area contributed by atoms with Crippen molar-refractivity contribution in [1.29, 1.82) is 0 Å². The maximum atomic E-state index is 12.7. The number of nitrogens with one attached hydrogen (secondary N) is 2. The van der Waals surface area contributed by atoms with E-state index < -0.39 is 11.5 Å². The largest absolute Gasteiger partial charge is 0.348 e. The Kier molecular flexibility index (Phi) is 6.13. The lowest BCUT2D eigenvalue weighted by Gasteiger charge is -2.31. The first-order valence-electron chi connectivity index (χ1n) is 10.9. The second-order valence-corrected chi connectivity index (χ2v) is 8.61. The molecule has 4 rings (SSSR count).